The van der Waals surface area contributed by atoms with Crippen LogP contribution >= 0.6 is 0 Å². The van der Waals surface area contributed by atoms with Crippen molar-refractivity contribution in [2.45, 2.75) is 45.6 Å². The lowest BCUT2D eigenvalue weighted by Crippen LogP contribution is -2.52. The summed E-state index contributed by atoms with van der Waals surface area (Å²) in [7, 11) is 1.88. The van der Waals surface area contributed by atoms with Crippen molar-refractivity contribution in [1.29, 1.82) is 0 Å². The minimum Gasteiger partial charge on any atom is -0.342 e. The summed E-state index contributed by atoms with van der Waals surface area (Å²) in [6, 6.07) is 8.50. The largest absolute Gasteiger partial charge is 0.342 e. The maximum atomic E-state index is 12.6. The smallest absolute Gasteiger partial charge is 0.236 e. The number of piperazine rings is 1. The number of amides is 2. The van der Waals surface area contributed by atoms with E-state index in [1.165, 1.54) is 24.0 Å². The molecule has 0 aromatic heterocycles. The first kappa shape index (κ1) is 22.8. The first-order valence-electron chi connectivity index (χ1n) is 11.6. The number of carbonyl (C=O) groups excluding carboxylic acids is 2. The highest BCUT2D eigenvalue weighted by atomic mass is 16.2. The summed E-state index contributed by atoms with van der Waals surface area (Å²) in [4.78, 5) is 33.6. The summed E-state index contributed by atoms with van der Waals surface area (Å²) >= 11 is 0. The number of carbonyl (C=O) groups is 2. The zero-order valence-electron chi connectivity index (χ0n) is 18.8. The normalized spacial score (nSPS) is 18.8. The van der Waals surface area contributed by atoms with Crippen LogP contribution < -0.4 is 0 Å². The van der Waals surface area contributed by atoms with Crippen LogP contribution in [0, 0.1) is 0 Å². The number of benzene rings is 1. The van der Waals surface area contributed by atoms with Crippen LogP contribution in [-0.4, -0.2) is 90.8 Å². The molecule has 0 atom stereocenters. The van der Waals surface area contributed by atoms with E-state index in [1.807, 2.05) is 16.8 Å². The van der Waals surface area contributed by atoms with Gasteiger partial charge in [0.2, 0.25) is 11.8 Å². The molecule has 0 radical (unpaired) electrons. The van der Waals surface area contributed by atoms with Gasteiger partial charge in [0.05, 0.1) is 13.1 Å². The van der Waals surface area contributed by atoms with E-state index in [2.05, 4.69) is 41.0 Å². The second-order valence-corrected chi connectivity index (χ2v) is 8.77. The lowest BCUT2D eigenvalue weighted by molar-refractivity contribution is -0.134. The first-order chi connectivity index (χ1) is 14.5. The van der Waals surface area contributed by atoms with Gasteiger partial charge in [-0.25, -0.2) is 0 Å². The quantitative estimate of drug-likeness (QED) is 0.687. The molecule has 2 fully saturated rings. The Hall–Kier alpha value is -1.92. The van der Waals surface area contributed by atoms with E-state index in [1.54, 1.807) is 0 Å². The summed E-state index contributed by atoms with van der Waals surface area (Å²) in [5.74, 6) is 0.430. The van der Waals surface area contributed by atoms with Crippen LogP contribution in [0.5, 0.6) is 0 Å². The predicted octanol–water partition coefficient (Wildman–Crippen LogP) is 2.23. The molecule has 1 aromatic rings. The molecule has 2 aliphatic heterocycles. The van der Waals surface area contributed by atoms with Crippen LogP contribution in [0.1, 0.15) is 43.7 Å². The van der Waals surface area contributed by atoms with Crippen LogP contribution in [-0.2, 0) is 22.6 Å². The number of rotatable bonds is 7. The average Bonchev–Trinajstić information content (AvgIpc) is 3.05. The Morgan fingerprint density at radius 2 is 1.33 bits per heavy atom. The maximum absolute atomic E-state index is 12.6. The van der Waals surface area contributed by atoms with Crippen molar-refractivity contribution in [2.24, 2.45) is 0 Å². The van der Waals surface area contributed by atoms with Crippen LogP contribution in [0.3, 0.4) is 0 Å². The molecule has 1 aromatic carbocycles. The molecule has 6 nitrogen and oxygen atoms in total. The van der Waals surface area contributed by atoms with Gasteiger partial charge in [0.15, 0.2) is 0 Å². The van der Waals surface area contributed by atoms with Crippen molar-refractivity contribution in [3.05, 3.63) is 35.4 Å². The van der Waals surface area contributed by atoms with E-state index >= 15 is 0 Å². The highest BCUT2D eigenvalue weighted by Crippen LogP contribution is 2.11. The minimum absolute atomic E-state index is 0.156. The van der Waals surface area contributed by atoms with Gasteiger partial charge in [-0.1, -0.05) is 44.0 Å². The summed E-state index contributed by atoms with van der Waals surface area (Å²) in [6.07, 6.45) is 5.80. The SMILES string of the molecule is CCc1ccc(CN(C)C(=O)CN2CCN(CC(=O)N3CCCCCC3)CC2)cc1. The number of likely N-dealkylation sites (N-methyl/N-ethyl adjacent to an activating group) is 1. The Morgan fingerprint density at radius 3 is 1.90 bits per heavy atom. The molecule has 6 heteroatoms. The third-order valence-electron chi connectivity index (χ3n) is 6.42. The van der Waals surface area contributed by atoms with Crippen LogP contribution in [0.2, 0.25) is 0 Å². The lowest BCUT2D eigenvalue weighted by Gasteiger charge is -2.35. The van der Waals surface area contributed by atoms with Crippen molar-refractivity contribution in [3.63, 3.8) is 0 Å². The number of nitrogens with zero attached hydrogens (tertiary/aromatic N) is 4. The van der Waals surface area contributed by atoms with Crippen molar-refractivity contribution in [1.82, 2.24) is 19.6 Å². The fraction of sp³-hybridized carbons (Fsp3) is 0.667. The van der Waals surface area contributed by atoms with Crippen molar-refractivity contribution in [3.8, 4) is 0 Å². The molecule has 2 saturated heterocycles. The molecule has 0 bridgehead atoms. The highest BCUT2D eigenvalue weighted by molar-refractivity contribution is 5.78. The molecule has 0 saturated carbocycles. The third-order valence-corrected chi connectivity index (χ3v) is 6.42. The van der Waals surface area contributed by atoms with Gasteiger partial charge in [0.25, 0.3) is 0 Å². The van der Waals surface area contributed by atoms with Gasteiger partial charge in [-0.3, -0.25) is 19.4 Å². The minimum atomic E-state index is 0.156. The molecule has 166 valence electrons. The molecule has 0 aliphatic carbocycles. The van der Waals surface area contributed by atoms with Crippen LogP contribution in [0.4, 0.5) is 0 Å². The van der Waals surface area contributed by atoms with E-state index in [0.29, 0.717) is 19.6 Å². The topological polar surface area (TPSA) is 47.1 Å². The summed E-state index contributed by atoms with van der Waals surface area (Å²) in [5, 5.41) is 0. The van der Waals surface area contributed by atoms with Gasteiger partial charge >= 0.3 is 0 Å². The molecule has 2 aliphatic rings. The number of aryl methyl sites for hydroxylation is 1. The highest BCUT2D eigenvalue weighted by Gasteiger charge is 2.24. The zero-order chi connectivity index (χ0) is 21.3. The maximum Gasteiger partial charge on any atom is 0.236 e. The van der Waals surface area contributed by atoms with Crippen molar-refractivity contribution >= 4 is 11.8 Å². The predicted molar refractivity (Wildman–Crippen MR) is 120 cm³/mol. The standard InChI is InChI=1S/C24H38N4O2/c1-3-21-8-10-22(11-9-21)18-25(2)23(29)19-26-14-16-27(17-15-26)20-24(30)28-12-6-4-5-7-13-28/h8-11H,3-7,12-20H2,1-2H3. The van der Waals surface area contributed by atoms with Gasteiger partial charge < -0.3 is 9.80 Å². The average molecular weight is 415 g/mol. The second-order valence-electron chi connectivity index (χ2n) is 8.77. The summed E-state index contributed by atoms with van der Waals surface area (Å²) in [5.41, 5.74) is 2.49. The van der Waals surface area contributed by atoms with Gasteiger partial charge in [-0.15, -0.1) is 0 Å². The monoisotopic (exact) mass is 414 g/mol. The Labute approximate surface area is 181 Å². The van der Waals surface area contributed by atoms with Gasteiger partial charge in [-0.2, -0.15) is 0 Å². The Balaban J connectivity index is 1.37. The van der Waals surface area contributed by atoms with Crippen LogP contribution in [0.25, 0.3) is 0 Å². The zero-order valence-corrected chi connectivity index (χ0v) is 18.8. The molecule has 30 heavy (non-hydrogen) atoms. The number of likely N-dealkylation sites (tertiary alicyclic amines) is 1. The van der Waals surface area contributed by atoms with E-state index in [4.69, 9.17) is 0 Å². The van der Waals surface area contributed by atoms with Crippen LogP contribution in [0.15, 0.2) is 24.3 Å². The molecule has 3 rings (SSSR count). The summed E-state index contributed by atoms with van der Waals surface area (Å²) < 4.78 is 0. The number of hydrogen-bond donors (Lipinski definition) is 0. The molecule has 0 N–H and O–H groups in total. The molecular weight excluding hydrogens is 376 g/mol. The third kappa shape index (κ3) is 6.81. The molecular formula is C24H38N4O2. The first-order valence-corrected chi connectivity index (χ1v) is 11.6. The summed E-state index contributed by atoms with van der Waals surface area (Å²) in [6.45, 7) is 9.01. The molecule has 2 amide bonds. The Bertz CT molecular complexity index is 675. The van der Waals surface area contributed by atoms with Crippen molar-refractivity contribution < 1.29 is 9.59 Å². The van der Waals surface area contributed by atoms with E-state index < -0.39 is 0 Å². The lowest BCUT2D eigenvalue weighted by atomic mass is 10.1. The van der Waals surface area contributed by atoms with E-state index in [0.717, 1.165) is 58.5 Å². The van der Waals surface area contributed by atoms with E-state index in [-0.39, 0.29) is 11.8 Å². The molecule has 0 spiro atoms. The van der Waals surface area contributed by atoms with Gasteiger partial charge in [0, 0.05) is 52.9 Å². The molecule has 0 unspecified atom stereocenters. The van der Waals surface area contributed by atoms with Crippen molar-refractivity contribution in [2.75, 3.05) is 59.4 Å². The Kier molecular flexibility index (Phi) is 8.70. The van der Waals surface area contributed by atoms with Gasteiger partial charge in [-0.05, 0) is 30.4 Å². The van der Waals surface area contributed by atoms with E-state index in [9.17, 15) is 9.59 Å². The number of hydrogen-bond acceptors (Lipinski definition) is 4. The van der Waals surface area contributed by atoms with Gasteiger partial charge in [0.1, 0.15) is 0 Å². The fourth-order valence-corrected chi connectivity index (χ4v) is 4.27. The molecule has 2 heterocycles. The fourth-order valence-electron chi connectivity index (χ4n) is 4.27. The Morgan fingerprint density at radius 1 is 0.800 bits per heavy atom. The second kappa shape index (κ2) is 11.5.